The second kappa shape index (κ2) is 14.2. The second-order valence-corrected chi connectivity index (χ2v) is 14.1. The first kappa shape index (κ1) is 34.6. The highest BCUT2D eigenvalue weighted by Crippen LogP contribution is 2.35. The van der Waals surface area contributed by atoms with Gasteiger partial charge in [-0.3, -0.25) is 33.5 Å². The molecular weight excluding hydrogens is 690 g/mol. The van der Waals surface area contributed by atoms with Crippen LogP contribution < -0.4 is 21.2 Å². The van der Waals surface area contributed by atoms with E-state index in [0.29, 0.717) is 36.5 Å². The number of benzene rings is 1. The number of hydrogen-bond donors (Lipinski definition) is 2. The summed E-state index contributed by atoms with van der Waals surface area (Å²) in [5.41, 5.74) is 2.09. The molecule has 6 heterocycles. The van der Waals surface area contributed by atoms with Gasteiger partial charge < -0.3 is 15.0 Å². The topological polar surface area (TPSA) is 163 Å². The number of rotatable bonds is 9. The monoisotopic (exact) mass is 730 g/mol. The summed E-state index contributed by atoms with van der Waals surface area (Å²) in [6, 6.07) is 6.61. The van der Waals surface area contributed by atoms with E-state index in [1.54, 1.807) is 28.6 Å². The van der Waals surface area contributed by atoms with Crippen molar-refractivity contribution in [2.75, 3.05) is 29.9 Å². The minimum atomic E-state index is -2.86. The van der Waals surface area contributed by atoms with Gasteiger partial charge in [-0.15, -0.1) is 0 Å². The molecule has 1 aromatic carbocycles. The predicted octanol–water partition coefficient (Wildman–Crippen LogP) is 4.16. The summed E-state index contributed by atoms with van der Waals surface area (Å²) in [7, 11) is 1.72. The maximum atomic E-state index is 14.0. The summed E-state index contributed by atoms with van der Waals surface area (Å²) < 4.78 is 40.5. The van der Waals surface area contributed by atoms with E-state index in [-0.39, 0.29) is 47.8 Å². The summed E-state index contributed by atoms with van der Waals surface area (Å²) in [4.78, 5) is 57.2. The molecule has 2 saturated heterocycles. The average Bonchev–Trinajstić information content (AvgIpc) is 3.86. The average molecular weight is 731 g/mol. The van der Waals surface area contributed by atoms with Crippen molar-refractivity contribution >= 4 is 45.8 Å². The number of nitrogens with zero attached hydrogens (tertiary/aromatic N) is 8. The number of amides is 3. The van der Waals surface area contributed by atoms with E-state index in [1.807, 2.05) is 18.2 Å². The number of ether oxygens (including phenoxy) is 1. The summed E-state index contributed by atoms with van der Waals surface area (Å²) in [6.45, 7) is 2.20. The standard InChI is InChI=1S/C36H40F2N10O5/c1-44-31-26(4-2-5-27(31)48(36(44)52)28-10-11-29(49)42-35(28)51)45-16-12-21(13-17-45)20-53-23-8-6-22(7-9-23)47-19-25(30(43-47)32(37)38)41-34(50)24-18-40-46-15-3-14-39-33(24)46/h2-5,14-15,18-19,21-23,28,32H,6-13,16-17,20H2,1H3,(H,41,50)(H,42,49,51). The minimum Gasteiger partial charge on any atom is -0.378 e. The highest BCUT2D eigenvalue weighted by atomic mass is 19.3. The molecule has 53 heavy (non-hydrogen) atoms. The number of para-hydroxylation sites is 1. The molecule has 4 aromatic heterocycles. The number of carbonyl (C=O) groups excluding carboxylic acids is 3. The zero-order valence-corrected chi connectivity index (χ0v) is 29.2. The molecule has 0 spiro atoms. The maximum absolute atomic E-state index is 14.0. The van der Waals surface area contributed by atoms with Crippen molar-refractivity contribution in [3.05, 3.63) is 70.8 Å². The van der Waals surface area contributed by atoms with Crippen molar-refractivity contribution in [2.24, 2.45) is 13.0 Å². The third-order valence-corrected chi connectivity index (χ3v) is 10.9. The summed E-state index contributed by atoms with van der Waals surface area (Å²) in [5, 5.41) is 13.2. The Morgan fingerprint density at radius 2 is 1.85 bits per heavy atom. The van der Waals surface area contributed by atoms with Gasteiger partial charge in [-0.25, -0.2) is 23.1 Å². The van der Waals surface area contributed by atoms with Crippen LogP contribution in [0, 0.1) is 5.92 Å². The lowest BCUT2D eigenvalue weighted by Crippen LogP contribution is -2.44. The number of aromatic nitrogens is 7. The molecule has 0 bridgehead atoms. The molecule has 3 amide bonds. The molecule has 3 aliphatic rings. The lowest BCUT2D eigenvalue weighted by Gasteiger charge is -2.35. The number of piperidine rings is 2. The fourth-order valence-corrected chi connectivity index (χ4v) is 8.02. The van der Waals surface area contributed by atoms with Crippen LogP contribution in [0.5, 0.6) is 0 Å². The van der Waals surface area contributed by atoms with E-state index in [1.165, 1.54) is 27.7 Å². The van der Waals surface area contributed by atoms with Gasteiger partial charge in [0.2, 0.25) is 11.8 Å². The molecule has 1 unspecified atom stereocenters. The first-order valence-electron chi connectivity index (χ1n) is 18.0. The Balaban J connectivity index is 0.850. The summed E-state index contributed by atoms with van der Waals surface area (Å²) in [6.07, 6.45) is 8.47. The van der Waals surface area contributed by atoms with Crippen LogP contribution in [-0.4, -0.2) is 77.0 Å². The van der Waals surface area contributed by atoms with Crippen LogP contribution in [0.15, 0.2) is 53.8 Å². The number of carbonyl (C=O) groups is 3. The van der Waals surface area contributed by atoms with Gasteiger partial charge in [-0.1, -0.05) is 6.07 Å². The van der Waals surface area contributed by atoms with E-state index >= 15 is 0 Å². The first-order valence-corrected chi connectivity index (χ1v) is 18.0. The van der Waals surface area contributed by atoms with E-state index in [4.69, 9.17) is 4.74 Å². The summed E-state index contributed by atoms with van der Waals surface area (Å²) in [5.74, 6) is -0.993. The molecule has 17 heteroatoms. The van der Waals surface area contributed by atoms with E-state index < -0.39 is 30.0 Å². The number of hydrogen-bond acceptors (Lipinski definition) is 9. The van der Waals surface area contributed by atoms with E-state index in [0.717, 1.165) is 50.0 Å². The van der Waals surface area contributed by atoms with Gasteiger partial charge >= 0.3 is 5.69 Å². The van der Waals surface area contributed by atoms with E-state index in [2.05, 4.69) is 30.7 Å². The lowest BCUT2D eigenvalue weighted by molar-refractivity contribution is -0.135. The van der Waals surface area contributed by atoms with Crippen molar-refractivity contribution in [1.82, 2.24) is 38.8 Å². The van der Waals surface area contributed by atoms with Crippen molar-refractivity contribution in [1.29, 1.82) is 0 Å². The van der Waals surface area contributed by atoms with Gasteiger partial charge in [-0.05, 0) is 69.1 Å². The van der Waals surface area contributed by atoms with Crippen LogP contribution >= 0.6 is 0 Å². The van der Waals surface area contributed by atoms with Gasteiger partial charge in [0.1, 0.15) is 11.6 Å². The lowest BCUT2D eigenvalue weighted by atomic mass is 9.92. The smallest absolute Gasteiger partial charge is 0.329 e. The number of halogens is 2. The zero-order valence-electron chi connectivity index (χ0n) is 29.2. The van der Waals surface area contributed by atoms with Gasteiger partial charge in [0.05, 0.1) is 40.8 Å². The predicted molar refractivity (Wildman–Crippen MR) is 189 cm³/mol. The molecule has 1 aliphatic carbocycles. The Hall–Kier alpha value is -5.45. The van der Waals surface area contributed by atoms with Crippen LogP contribution in [0.2, 0.25) is 0 Å². The fourth-order valence-electron chi connectivity index (χ4n) is 8.02. The quantitative estimate of drug-likeness (QED) is 0.212. The number of aryl methyl sites for hydroxylation is 1. The third kappa shape index (κ3) is 6.57. The number of imide groups is 1. The van der Waals surface area contributed by atoms with Crippen LogP contribution in [0.1, 0.15) is 85.9 Å². The molecule has 2 N–H and O–H groups in total. The Kier molecular flexibility index (Phi) is 9.26. The number of imidazole rings is 1. The van der Waals surface area contributed by atoms with Crippen LogP contribution in [0.3, 0.4) is 0 Å². The van der Waals surface area contributed by atoms with Gasteiger partial charge in [0, 0.05) is 51.8 Å². The molecule has 3 fully saturated rings. The second-order valence-electron chi connectivity index (χ2n) is 14.1. The Labute approximate surface area is 301 Å². The number of alkyl halides is 2. The van der Waals surface area contributed by atoms with Crippen molar-refractivity contribution in [3.63, 3.8) is 0 Å². The third-order valence-electron chi connectivity index (χ3n) is 10.9. The maximum Gasteiger partial charge on any atom is 0.329 e. The van der Waals surface area contributed by atoms with Crippen molar-refractivity contribution in [3.8, 4) is 0 Å². The Morgan fingerprint density at radius 3 is 2.60 bits per heavy atom. The highest BCUT2D eigenvalue weighted by molar-refractivity contribution is 6.08. The van der Waals surface area contributed by atoms with Crippen LogP contribution in [0.25, 0.3) is 16.7 Å². The van der Waals surface area contributed by atoms with Crippen molar-refractivity contribution < 1.29 is 27.9 Å². The van der Waals surface area contributed by atoms with Gasteiger partial charge in [0.15, 0.2) is 11.3 Å². The minimum absolute atomic E-state index is 0.0321. The number of fused-ring (bicyclic) bond motifs is 2. The Morgan fingerprint density at radius 1 is 1.06 bits per heavy atom. The summed E-state index contributed by atoms with van der Waals surface area (Å²) >= 11 is 0. The highest BCUT2D eigenvalue weighted by Gasteiger charge is 2.33. The molecule has 5 aromatic rings. The Bertz CT molecular complexity index is 2240. The molecule has 8 rings (SSSR count). The number of nitrogens with one attached hydrogen (secondary N) is 2. The number of anilines is 2. The van der Waals surface area contributed by atoms with Gasteiger partial charge in [-0.2, -0.15) is 10.2 Å². The molecule has 15 nitrogen and oxygen atoms in total. The zero-order chi connectivity index (χ0) is 36.8. The molecular formula is C36H40F2N10O5. The molecule has 1 atom stereocenters. The molecule has 1 saturated carbocycles. The molecule has 278 valence electrons. The molecule has 2 aliphatic heterocycles. The van der Waals surface area contributed by atoms with E-state index in [9.17, 15) is 28.0 Å². The van der Waals surface area contributed by atoms with Crippen LogP contribution in [0.4, 0.5) is 20.2 Å². The first-order chi connectivity index (χ1) is 25.7. The normalized spacial score (nSPS) is 21.5. The fraction of sp³-hybridized carbons (Fsp3) is 0.472. The van der Waals surface area contributed by atoms with Gasteiger partial charge in [0.25, 0.3) is 12.3 Å². The molecule has 0 radical (unpaired) electrons. The SMILES string of the molecule is Cn1c(=O)n(C2CCC(=O)NC2=O)c2cccc(N3CCC(COC4CCC(n5cc(NC(=O)c6cnn7cccnc67)c(C(F)F)n5)CC4)CC3)c21. The van der Waals surface area contributed by atoms with Crippen LogP contribution in [-0.2, 0) is 21.4 Å². The van der Waals surface area contributed by atoms with Crippen molar-refractivity contribution in [2.45, 2.75) is 76.0 Å². The largest absolute Gasteiger partial charge is 0.378 e.